The van der Waals surface area contributed by atoms with Gasteiger partial charge in [0.25, 0.3) is 0 Å². The Balaban J connectivity index is 1.79. The van der Waals surface area contributed by atoms with E-state index in [1.165, 1.54) is 0 Å². The zero-order chi connectivity index (χ0) is 21.1. The Hall–Kier alpha value is -3.03. The zero-order valence-corrected chi connectivity index (χ0v) is 17.6. The van der Waals surface area contributed by atoms with Gasteiger partial charge in [0.2, 0.25) is 5.95 Å². The summed E-state index contributed by atoms with van der Waals surface area (Å²) in [6.07, 6.45) is 3.32. The van der Waals surface area contributed by atoms with Crippen LogP contribution in [0.3, 0.4) is 0 Å². The lowest BCUT2D eigenvalue weighted by molar-refractivity contribution is 0.287. The number of fused-ring (bicyclic) bond motifs is 1. The number of aryl methyl sites for hydroxylation is 1. The van der Waals surface area contributed by atoms with Crippen molar-refractivity contribution >= 4 is 23.2 Å². The van der Waals surface area contributed by atoms with Crippen LogP contribution in [0.15, 0.2) is 48.5 Å². The first-order chi connectivity index (χ1) is 14.6. The molecule has 0 saturated heterocycles. The highest BCUT2D eigenvalue weighted by molar-refractivity contribution is 6.30. The van der Waals surface area contributed by atoms with E-state index in [0.717, 1.165) is 16.8 Å². The molecule has 1 aliphatic rings. The molecule has 3 aromatic rings. The lowest BCUT2D eigenvalue weighted by atomic mass is 10.0. The Morgan fingerprint density at radius 1 is 1.10 bits per heavy atom. The van der Waals surface area contributed by atoms with Crippen LogP contribution in [0, 0.1) is 0 Å². The molecule has 0 unspecified atom stereocenters. The minimum atomic E-state index is -0.192. The molecule has 1 aliphatic heterocycles. The van der Waals surface area contributed by atoms with E-state index in [1.54, 1.807) is 14.2 Å². The molecule has 8 heteroatoms. The first-order valence-electron chi connectivity index (χ1n) is 9.66. The summed E-state index contributed by atoms with van der Waals surface area (Å²) in [5.74, 6) is 2.65. The minimum absolute atomic E-state index is 0.102. The molecule has 2 N–H and O–H groups in total. The normalized spacial score (nSPS) is 15.2. The molecule has 2 aromatic carbocycles. The smallest absolute Gasteiger partial charge is 0.226 e. The van der Waals surface area contributed by atoms with Crippen molar-refractivity contribution in [2.45, 2.75) is 18.9 Å². The Morgan fingerprint density at radius 3 is 2.57 bits per heavy atom. The van der Waals surface area contributed by atoms with Crippen LogP contribution < -0.4 is 14.8 Å². The number of ether oxygens (including phenoxy) is 2. The second kappa shape index (κ2) is 8.77. The Labute approximate surface area is 179 Å². The first-order valence-corrected chi connectivity index (χ1v) is 10.0. The van der Waals surface area contributed by atoms with Crippen molar-refractivity contribution in [3.05, 3.63) is 70.5 Å². The maximum atomic E-state index is 9.16. The van der Waals surface area contributed by atoms with Crippen LogP contribution in [-0.2, 0) is 6.42 Å². The molecule has 0 aliphatic carbocycles. The van der Waals surface area contributed by atoms with Gasteiger partial charge in [-0.05, 0) is 47.9 Å². The van der Waals surface area contributed by atoms with Gasteiger partial charge in [0.15, 0.2) is 17.3 Å². The van der Waals surface area contributed by atoms with Gasteiger partial charge in [-0.3, -0.25) is 0 Å². The standard InChI is InChI=1S/C22H23ClN4O3/c1-29-19-10-7-15(12-20(19)30-2)18-13-17(14-5-8-16(23)9-6-14)24-22-25-21(4-3-11-28)26-27(18)22/h5-10,12-13,18,28H,3-4,11H2,1-2H3,(H,24,25,26)/t18-/m0/s1. The van der Waals surface area contributed by atoms with Gasteiger partial charge in [-0.15, -0.1) is 0 Å². The van der Waals surface area contributed by atoms with Gasteiger partial charge in [0.1, 0.15) is 6.04 Å². The molecule has 0 radical (unpaired) electrons. The number of hydrogen-bond donors (Lipinski definition) is 2. The molecule has 1 atom stereocenters. The fraction of sp³-hybridized carbons (Fsp3) is 0.273. The van der Waals surface area contributed by atoms with Crippen LogP contribution in [0.2, 0.25) is 5.02 Å². The molecule has 1 aromatic heterocycles. The predicted molar refractivity (Wildman–Crippen MR) is 116 cm³/mol. The number of nitrogens with zero attached hydrogens (tertiary/aromatic N) is 3. The van der Waals surface area contributed by atoms with Gasteiger partial charge in [0.05, 0.1) is 14.2 Å². The molecular formula is C22H23ClN4O3. The molecule has 0 spiro atoms. The van der Waals surface area contributed by atoms with Crippen LogP contribution in [0.1, 0.15) is 29.4 Å². The number of aromatic nitrogens is 3. The Kier molecular flexibility index (Phi) is 5.92. The van der Waals surface area contributed by atoms with Gasteiger partial charge < -0.3 is 19.9 Å². The van der Waals surface area contributed by atoms with Gasteiger partial charge in [-0.25, -0.2) is 4.68 Å². The highest BCUT2D eigenvalue weighted by atomic mass is 35.5. The van der Waals surface area contributed by atoms with Crippen LogP contribution in [0.4, 0.5) is 5.95 Å². The van der Waals surface area contributed by atoms with Crippen molar-refractivity contribution < 1.29 is 14.6 Å². The molecule has 156 valence electrons. The largest absolute Gasteiger partial charge is 0.493 e. The van der Waals surface area contributed by atoms with E-state index in [2.05, 4.69) is 21.5 Å². The van der Waals surface area contributed by atoms with E-state index in [-0.39, 0.29) is 12.6 Å². The lowest BCUT2D eigenvalue weighted by Gasteiger charge is -2.25. The fourth-order valence-electron chi connectivity index (χ4n) is 3.45. The summed E-state index contributed by atoms with van der Waals surface area (Å²) in [7, 11) is 3.23. The molecule has 0 bridgehead atoms. The van der Waals surface area contributed by atoms with Crippen LogP contribution in [0.5, 0.6) is 11.5 Å². The van der Waals surface area contributed by atoms with Gasteiger partial charge >= 0.3 is 0 Å². The van der Waals surface area contributed by atoms with Gasteiger partial charge in [0, 0.05) is 23.7 Å². The fourth-order valence-corrected chi connectivity index (χ4v) is 3.58. The third-order valence-corrected chi connectivity index (χ3v) is 5.22. The molecule has 2 heterocycles. The maximum Gasteiger partial charge on any atom is 0.226 e. The topological polar surface area (TPSA) is 81.4 Å². The summed E-state index contributed by atoms with van der Waals surface area (Å²) in [5.41, 5.74) is 2.90. The highest BCUT2D eigenvalue weighted by Crippen LogP contribution is 2.36. The summed E-state index contributed by atoms with van der Waals surface area (Å²) in [6.45, 7) is 0.102. The number of allylic oxidation sites excluding steroid dienone is 1. The van der Waals surface area contributed by atoms with Crippen LogP contribution in [0.25, 0.3) is 5.70 Å². The molecule has 0 amide bonds. The van der Waals surface area contributed by atoms with Gasteiger partial charge in [-0.1, -0.05) is 29.8 Å². The van der Waals surface area contributed by atoms with Crippen molar-refractivity contribution in [2.75, 3.05) is 26.1 Å². The number of aliphatic hydroxyl groups excluding tert-OH is 1. The van der Waals surface area contributed by atoms with E-state index in [1.807, 2.05) is 47.1 Å². The van der Waals surface area contributed by atoms with Crippen molar-refractivity contribution in [1.82, 2.24) is 14.8 Å². The zero-order valence-electron chi connectivity index (χ0n) is 16.8. The second-order valence-corrected chi connectivity index (χ2v) is 7.33. The van der Waals surface area contributed by atoms with E-state index in [4.69, 9.17) is 26.2 Å². The minimum Gasteiger partial charge on any atom is -0.493 e. The van der Waals surface area contributed by atoms with Gasteiger partial charge in [-0.2, -0.15) is 10.1 Å². The highest BCUT2D eigenvalue weighted by Gasteiger charge is 2.26. The number of halogens is 1. The first kappa shape index (κ1) is 20.3. The number of nitrogens with one attached hydrogen (secondary N) is 1. The number of rotatable bonds is 7. The average molecular weight is 427 g/mol. The summed E-state index contributed by atoms with van der Waals surface area (Å²) in [5, 5.41) is 17.9. The van der Waals surface area contributed by atoms with E-state index < -0.39 is 0 Å². The summed E-state index contributed by atoms with van der Waals surface area (Å²) >= 11 is 6.06. The number of aliphatic hydroxyl groups is 1. The molecule has 30 heavy (non-hydrogen) atoms. The molecule has 0 fully saturated rings. The Morgan fingerprint density at radius 2 is 1.87 bits per heavy atom. The molecule has 7 nitrogen and oxygen atoms in total. The van der Waals surface area contributed by atoms with E-state index in [0.29, 0.717) is 41.1 Å². The van der Waals surface area contributed by atoms with Crippen molar-refractivity contribution in [1.29, 1.82) is 0 Å². The average Bonchev–Trinajstić information content (AvgIpc) is 3.20. The van der Waals surface area contributed by atoms with Crippen molar-refractivity contribution in [3.63, 3.8) is 0 Å². The summed E-state index contributed by atoms with van der Waals surface area (Å²) in [4.78, 5) is 4.64. The predicted octanol–water partition coefficient (Wildman–Crippen LogP) is 3.93. The molecular weight excluding hydrogens is 404 g/mol. The lowest BCUT2D eigenvalue weighted by Crippen LogP contribution is -2.20. The number of hydrogen-bond acceptors (Lipinski definition) is 6. The summed E-state index contributed by atoms with van der Waals surface area (Å²) in [6, 6.07) is 13.3. The third-order valence-electron chi connectivity index (χ3n) is 4.97. The molecule has 4 rings (SSSR count). The molecule has 0 saturated carbocycles. The monoisotopic (exact) mass is 426 g/mol. The number of anilines is 1. The number of benzene rings is 2. The van der Waals surface area contributed by atoms with E-state index >= 15 is 0 Å². The quantitative estimate of drug-likeness (QED) is 0.595. The SMILES string of the molecule is COc1ccc([C@@H]2C=C(c3ccc(Cl)cc3)Nc3nc(CCCO)nn32)cc1OC. The third kappa shape index (κ3) is 3.99. The van der Waals surface area contributed by atoms with Crippen LogP contribution in [-0.4, -0.2) is 40.7 Å². The van der Waals surface area contributed by atoms with Crippen LogP contribution >= 0.6 is 11.6 Å². The summed E-state index contributed by atoms with van der Waals surface area (Å²) < 4.78 is 12.7. The number of methoxy groups -OCH3 is 2. The maximum absolute atomic E-state index is 9.16. The van der Waals surface area contributed by atoms with E-state index in [9.17, 15) is 0 Å². The Bertz CT molecular complexity index is 1060. The van der Waals surface area contributed by atoms with Crippen molar-refractivity contribution in [3.8, 4) is 11.5 Å². The second-order valence-electron chi connectivity index (χ2n) is 6.89. The van der Waals surface area contributed by atoms with Crippen molar-refractivity contribution in [2.24, 2.45) is 0 Å².